The third kappa shape index (κ3) is 3.53. The largest absolute Gasteiger partial charge is 0.496 e. The first-order valence-corrected chi connectivity index (χ1v) is 9.61. The Labute approximate surface area is 142 Å². The van der Waals surface area contributed by atoms with Gasteiger partial charge in [-0.1, -0.05) is 12.8 Å². The van der Waals surface area contributed by atoms with Gasteiger partial charge >= 0.3 is 0 Å². The summed E-state index contributed by atoms with van der Waals surface area (Å²) in [5.74, 6) is -0.645. The molecule has 0 aliphatic heterocycles. The van der Waals surface area contributed by atoms with E-state index >= 15 is 0 Å². The van der Waals surface area contributed by atoms with Crippen LogP contribution in [0.5, 0.6) is 5.75 Å². The number of ether oxygens (including phenoxy) is 1. The van der Waals surface area contributed by atoms with Gasteiger partial charge < -0.3 is 16.2 Å². The van der Waals surface area contributed by atoms with Crippen LogP contribution in [-0.2, 0) is 9.84 Å². The predicted octanol–water partition coefficient (Wildman–Crippen LogP) is 1.48. The maximum Gasteiger partial charge on any atom is 0.283 e. The maximum absolute atomic E-state index is 12.3. The molecule has 0 saturated heterocycles. The summed E-state index contributed by atoms with van der Waals surface area (Å²) >= 11 is 0. The van der Waals surface area contributed by atoms with Gasteiger partial charge in [-0.3, -0.25) is 4.79 Å². The molecule has 0 unspecified atom stereocenters. The minimum absolute atomic E-state index is 0.0468. The molecular weight excluding hydrogens is 330 g/mol. The van der Waals surface area contributed by atoms with Crippen molar-refractivity contribution in [3.8, 4) is 5.75 Å². The van der Waals surface area contributed by atoms with Crippen molar-refractivity contribution in [3.05, 3.63) is 22.8 Å². The third-order valence-corrected chi connectivity index (χ3v) is 5.49. The van der Waals surface area contributed by atoms with Crippen LogP contribution >= 0.6 is 0 Å². The fraction of sp³-hybridized carbons (Fsp3) is 0.500. The molecule has 1 aliphatic rings. The average Bonchev–Trinajstić information content (AvgIpc) is 2.98. The molecule has 24 heavy (non-hydrogen) atoms. The van der Waals surface area contributed by atoms with Crippen LogP contribution < -0.4 is 16.2 Å². The van der Waals surface area contributed by atoms with Crippen molar-refractivity contribution < 1.29 is 17.9 Å². The lowest BCUT2D eigenvalue weighted by Crippen LogP contribution is -2.24. The molecule has 0 aromatic heterocycles. The van der Waals surface area contributed by atoms with Crippen molar-refractivity contribution >= 4 is 21.7 Å². The lowest BCUT2D eigenvalue weighted by atomic mass is 9.91. The lowest BCUT2D eigenvalue weighted by Gasteiger charge is -2.21. The van der Waals surface area contributed by atoms with Gasteiger partial charge in [0, 0.05) is 6.26 Å². The van der Waals surface area contributed by atoms with Gasteiger partial charge in [0.2, 0.25) is 0 Å². The molecule has 0 radical (unpaired) electrons. The maximum atomic E-state index is 12.3. The van der Waals surface area contributed by atoms with E-state index in [4.69, 9.17) is 16.2 Å². The van der Waals surface area contributed by atoms with Gasteiger partial charge in [-0.05, 0) is 42.9 Å². The van der Waals surface area contributed by atoms with Gasteiger partial charge in [-0.25, -0.2) is 8.42 Å². The normalized spacial score (nSPS) is 15.3. The van der Waals surface area contributed by atoms with Gasteiger partial charge in [-0.15, -0.1) is 0 Å². The van der Waals surface area contributed by atoms with E-state index in [0.717, 1.165) is 37.5 Å². The first-order valence-electron chi connectivity index (χ1n) is 7.72. The molecule has 132 valence electrons. The van der Waals surface area contributed by atoms with Crippen LogP contribution in [0.25, 0.3) is 0 Å². The molecule has 1 amide bonds. The first-order chi connectivity index (χ1) is 11.2. The SMILES string of the molecule is COc1c(C(=O)N=C(N)N)cc(S(C)(=O)=O)c(C2CCCC2)c1C. The fourth-order valence-corrected chi connectivity index (χ4v) is 4.46. The second kappa shape index (κ2) is 6.80. The summed E-state index contributed by atoms with van der Waals surface area (Å²) in [5, 5.41) is 0. The quantitative estimate of drug-likeness (QED) is 0.624. The Morgan fingerprint density at radius 1 is 1.29 bits per heavy atom. The molecule has 1 aromatic rings. The van der Waals surface area contributed by atoms with E-state index in [1.165, 1.54) is 13.2 Å². The highest BCUT2D eigenvalue weighted by Crippen LogP contribution is 2.43. The molecule has 0 atom stereocenters. The first kappa shape index (κ1) is 18.3. The average molecular weight is 353 g/mol. The third-order valence-electron chi connectivity index (χ3n) is 4.36. The molecule has 1 aromatic carbocycles. The van der Waals surface area contributed by atoms with Crippen molar-refractivity contribution in [3.63, 3.8) is 0 Å². The minimum Gasteiger partial charge on any atom is -0.496 e. The van der Waals surface area contributed by atoms with E-state index in [-0.39, 0.29) is 22.3 Å². The molecular formula is C16H23N3O4S. The second-order valence-electron chi connectivity index (χ2n) is 6.09. The molecule has 4 N–H and O–H groups in total. The number of carbonyl (C=O) groups is 1. The summed E-state index contributed by atoms with van der Waals surface area (Å²) in [4.78, 5) is 15.9. The van der Waals surface area contributed by atoms with Gasteiger partial charge in [0.05, 0.1) is 17.6 Å². The van der Waals surface area contributed by atoms with Crippen molar-refractivity contribution in [2.75, 3.05) is 13.4 Å². The Hall–Kier alpha value is -2.09. The zero-order chi connectivity index (χ0) is 18.1. The molecule has 1 aliphatic carbocycles. The highest BCUT2D eigenvalue weighted by molar-refractivity contribution is 7.90. The van der Waals surface area contributed by atoms with Gasteiger partial charge in [0.15, 0.2) is 15.8 Å². The number of nitrogens with two attached hydrogens (primary N) is 2. The van der Waals surface area contributed by atoms with E-state index < -0.39 is 15.7 Å². The molecule has 7 nitrogen and oxygen atoms in total. The highest BCUT2D eigenvalue weighted by Gasteiger charge is 2.30. The summed E-state index contributed by atoms with van der Waals surface area (Å²) in [5.41, 5.74) is 12.0. The summed E-state index contributed by atoms with van der Waals surface area (Å²) in [6, 6.07) is 1.34. The Balaban J connectivity index is 2.78. The molecule has 0 spiro atoms. The number of amides is 1. The Morgan fingerprint density at radius 2 is 1.88 bits per heavy atom. The van der Waals surface area contributed by atoms with Crippen LogP contribution in [0.15, 0.2) is 16.0 Å². The number of hydrogen-bond acceptors (Lipinski definition) is 4. The number of nitrogens with zero attached hydrogens (tertiary/aromatic N) is 1. The van der Waals surface area contributed by atoms with Gasteiger partial charge in [0.1, 0.15) is 5.75 Å². The number of benzene rings is 1. The Morgan fingerprint density at radius 3 is 2.33 bits per heavy atom. The van der Waals surface area contributed by atoms with E-state index in [2.05, 4.69) is 4.99 Å². The van der Waals surface area contributed by atoms with E-state index in [1.807, 2.05) is 0 Å². The van der Waals surface area contributed by atoms with Crippen LogP contribution in [0.2, 0.25) is 0 Å². The van der Waals surface area contributed by atoms with Crippen molar-refractivity contribution in [2.24, 2.45) is 16.5 Å². The molecule has 1 fully saturated rings. The molecule has 0 bridgehead atoms. The molecule has 1 saturated carbocycles. The van der Waals surface area contributed by atoms with E-state index in [1.54, 1.807) is 6.92 Å². The standard InChI is InChI=1S/C16H23N3O4S/c1-9-13(10-6-4-5-7-10)12(24(3,21)22)8-11(14(9)23-2)15(20)19-16(17)18/h8,10H,4-7H2,1-3H3,(H4,17,18,19,20). The van der Waals surface area contributed by atoms with Crippen LogP contribution in [0.3, 0.4) is 0 Å². The summed E-state index contributed by atoms with van der Waals surface area (Å²) in [6.07, 6.45) is 5.11. The summed E-state index contributed by atoms with van der Waals surface area (Å²) in [7, 11) is -2.08. The van der Waals surface area contributed by atoms with Crippen LogP contribution in [0.4, 0.5) is 0 Å². The van der Waals surface area contributed by atoms with Gasteiger partial charge in [-0.2, -0.15) is 4.99 Å². The Bertz CT molecular complexity index is 790. The number of aliphatic imine (C=N–C) groups is 1. The molecule has 2 rings (SSSR count). The fourth-order valence-electron chi connectivity index (χ4n) is 3.41. The van der Waals surface area contributed by atoms with E-state index in [9.17, 15) is 13.2 Å². The van der Waals surface area contributed by atoms with Crippen molar-refractivity contribution in [1.29, 1.82) is 0 Å². The van der Waals surface area contributed by atoms with Crippen LogP contribution in [0.1, 0.15) is 53.1 Å². The minimum atomic E-state index is -3.52. The number of hydrogen-bond donors (Lipinski definition) is 2. The summed E-state index contributed by atoms with van der Waals surface area (Å²) in [6.45, 7) is 1.77. The number of methoxy groups -OCH3 is 1. The molecule has 8 heteroatoms. The van der Waals surface area contributed by atoms with Crippen LogP contribution in [0, 0.1) is 6.92 Å². The second-order valence-corrected chi connectivity index (χ2v) is 8.07. The number of guanidine groups is 1. The number of sulfone groups is 1. The monoisotopic (exact) mass is 353 g/mol. The van der Waals surface area contributed by atoms with E-state index in [0.29, 0.717) is 11.3 Å². The number of carbonyl (C=O) groups excluding carboxylic acids is 1. The molecule has 0 heterocycles. The summed E-state index contributed by atoms with van der Waals surface area (Å²) < 4.78 is 30.0. The smallest absolute Gasteiger partial charge is 0.283 e. The van der Waals surface area contributed by atoms with Crippen LogP contribution in [-0.4, -0.2) is 33.7 Å². The van der Waals surface area contributed by atoms with Crippen molar-refractivity contribution in [1.82, 2.24) is 0 Å². The topological polar surface area (TPSA) is 125 Å². The van der Waals surface area contributed by atoms with Gasteiger partial charge in [0.25, 0.3) is 5.91 Å². The number of rotatable bonds is 4. The highest BCUT2D eigenvalue weighted by atomic mass is 32.2. The zero-order valence-corrected chi connectivity index (χ0v) is 14.9. The lowest BCUT2D eigenvalue weighted by molar-refractivity contribution is 0.0999. The predicted molar refractivity (Wildman–Crippen MR) is 92.2 cm³/mol. The van der Waals surface area contributed by atoms with Crippen molar-refractivity contribution in [2.45, 2.75) is 43.4 Å². The zero-order valence-electron chi connectivity index (χ0n) is 14.1. The Kier molecular flexibility index (Phi) is 5.17.